The molecule has 2 rings (SSSR count). The Labute approximate surface area is 140 Å². The van der Waals surface area contributed by atoms with Crippen molar-refractivity contribution in [1.82, 2.24) is 9.80 Å². The third kappa shape index (κ3) is 4.45. The van der Waals surface area contributed by atoms with E-state index in [2.05, 4.69) is 46.6 Å². The Balaban J connectivity index is 1.95. The number of fused-ring (bicyclic) bond motifs is 1. The van der Waals surface area contributed by atoms with Gasteiger partial charge < -0.3 is 9.80 Å². The summed E-state index contributed by atoms with van der Waals surface area (Å²) in [6, 6.07) is 0.866. The smallest absolute Gasteiger partial charge is 0.0145 e. The van der Waals surface area contributed by atoms with Gasteiger partial charge in [-0.15, -0.1) is 0 Å². The van der Waals surface area contributed by atoms with Crippen molar-refractivity contribution < 1.29 is 0 Å². The fourth-order valence-electron chi connectivity index (χ4n) is 4.87. The molecular weight excluding hydrogens is 324 g/mol. The lowest BCUT2D eigenvalue weighted by Gasteiger charge is -2.48. The molecule has 0 aliphatic carbocycles. The van der Waals surface area contributed by atoms with E-state index in [1.54, 1.807) is 0 Å². The maximum atomic E-state index is 3.85. The lowest BCUT2D eigenvalue weighted by Crippen LogP contribution is -2.54. The lowest BCUT2D eigenvalue weighted by molar-refractivity contribution is 0.0195. The van der Waals surface area contributed by atoms with Crippen molar-refractivity contribution in [1.29, 1.82) is 0 Å². The van der Waals surface area contributed by atoms with E-state index in [1.165, 1.54) is 76.5 Å². The summed E-state index contributed by atoms with van der Waals surface area (Å²) in [5, 5.41) is 1.17. The molecule has 2 aliphatic rings. The van der Waals surface area contributed by atoms with E-state index in [9.17, 15) is 0 Å². The van der Waals surface area contributed by atoms with Gasteiger partial charge >= 0.3 is 0 Å². The summed E-state index contributed by atoms with van der Waals surface area (Å²) in [6.45, 7) is 9.97. The summed E-state index contributed by atoms with van der Waals surface area (Å²) in [5.74, 6) is 0.925. The van der Waals surface area contributed by atoms with Crippen LogP contribution in [0.4, 0.5) is 0 Å². The molecule has 0 aromatic carbocycles. The van der Waals surface area contributed by atoms with Gasteiger partial charge in [0, 0.05) is 24.5 Å². The van der Waals surface area contributed by atoms with Crippen LogP contribution in [0.3, 0.4) is 0 Å². The highest BCUT2D eigenvalue weighted by Gasteiger charge is 2.37. The number of halogens is 1. The predicted octanol–water partition coefficient (Wildman–Crippen LogP) is 4.38. The van der Waals surface area contributed by atoms with Gasteiger partial charge in [0.25, 0.3) is 0 Å². The summed E-state index contributed by atoms with van der Waals surface area (Å²) in [4.78, 5) is 5.42. The van der Waals surface area contributed by atoms with E-state index in [0.717, 1.165) is 12.0 Å². The van der Waals surface area contributed by atoms with Crippen molar-refractivity contribution in [3.63, 3.8) is 0 Å². The van der Waals surface area contributed by atoms with Crippen molar-refractivity contribution in [2.75, 3.05) is 38.6 Å². The Morgan fingerprint density at radius 2 is 1.81 bits per heavy atom. The molecule has 124 valence electrons. The average molecular weight is 359 g/mol. The zero-order valence-corrected chi connectivity index (χ0v) is 16.0. The molecule has 2 heterocycles. The second-order valence-electron chi connectivity index (χ2n) is 7.61. The fourth-order valence-corrected chi connectivity index (χ4v) is 5.60. The Bertz CT molecular complexity index is 302. The van der Waals surface area contributed by atoms with Crippen LogP contribution >= 0.6 is 15.9 Å². The van der Waals surface area contributed by atoms with Gasteiger partial charge in [0.15, 0.2) is 0 Å². The Kier molecular flexibility index (Phi) is 7.02. The molecule has 2 aliphatic heterocycles. The number of piperidine rings is 2. The van der Waals surface area contributed by atoms with Crippen LogP contribution in [0.1, 0.15) is 58.8 Å². The monoisotopic (exact) mass is 358 g/mol. The average Bonchev–Trinajstić information content (AvgIpc) is 2.48. The SMILES string of the molecule is CCCC(CBr)(CCC)CN1CCC2C(CCCN2C)C1. The molecule has 2 fully saturated rings. The van der Waals surface area contributed by atoms with Gasteiger partial charge in [-0.1, -0.05) is 42.6 Å². The van der Waals surface area contributed by atoms with Crippen LogP contribution in [0.15, 0.2) is 0 Å². The number of likely N-dealkylation sites (tertiary alicyclic amines) is 2. The van der Waals surface area contributed by atoms with E-state index in [1.807, 2.05) is 0 Å². The minimum atomic E-state index is 0.511. The van der Waals surface area contributed by atoms with E-state index < -0.39 is 0 Å². The van der Waals surface area contributed by atoms with Crippen LogP contribution in [-0.4, -0.2) is 54.4 Å². The van der Waals surface area contributed by atoms with E-state index >= 15 is 0 Å². The maximum absolute atomic E-state index is 3.85. The summed E-state index contributed by atoms with van der Waals surface area (Å²) < 4.78 is 0. The van der Waals surface area contributed by atoms with Crippen LogP contribution in [0.25, 0.3) is 0 Å². The van der Waals surface area contributed by atoms with Crippen LogP contribution < -0.4 is 0 Å². The Morgan fingerprint density at radius 3 is 2.43 bits per heavy atom. The van der Waals surface area contributed by atoms with Gasteiger partial charge in [-0.3, -0.25) is 0 Å². The lowest BCUT2D eigenvalue weighted by atomic mass is 9.78. The quantitative estimate of drug-likeness (QED) is 0.622. The van der Waals surface area contributed by atoms with Crippen LogP contribution in [0, 0.1) is 11.3 Å². The summed E-state index contributed by atoms with van der Waals surface area (Å²) in [5.41, 5.74) is 0.511. The van der Waals surface area contributed by atoms with Crippen molar-refractivity contribution >= 4 is 15.9 Å². The molecule has 0 radical (unpaired) electrons. The number of rotatable bonds is 7. The van der Waals surface area contributed by atoms with E-state index in [-0.39, 0.29) is 0 Å². The molecule has 0 aromatic heterocycles. The molecule has 2 atom stereocenters. The molecule has 2 nitrogen and oxygen atoms in total. The first-order chi connectivity index (χ1) is 10.1. The largest absolute Gasteiger partial charge is 0.303 e. The van der Waals surface area contributed by atoms with Gasteiger partial charge in [-0.05, 0) is 63.6 Å². The molecule has 0 N–H and O–H groups in total. The zero-order chi connectivity index (χ0) is 15.3. The van der Waals surface area contributed by atoms with Crippen molar-refractivity contribution in [3.8, 4) is 0 Å². The van der Waals surface area contributed by atoms with Crippen LogP contribution in [-0.2, 0) is 0 Å². The highest BCUT2D eigenvalue weighted by molar-refractivity contribution is 9.09. The topological polar surface area (TPSA) is 6.48 Å². The Morgan fingerprint density at radius 1 is 1.10 bits per heavy atom. The standard InChI is InChI=1S/C18H35BrN2/c1-4-9-18(14-19,10-5-2)15-21-12-8-17-16(13-21)7-6-11-20(17)3/h16-17H,4-15H2,1-3H3. The molecule has 2 unspecified atom stereocenters. The minimum Gasteiger partial charge on any atom is -0.303 e. The normalized spacial score (nSPS) is 28.6. The number of nitrogens with zero attached hydrogens (tertiary/aromatic N) is 2. The highest BCUT2D eigenvalue weighted by Crippen LogP contribution is 2.36. The third-order valence-corrected chi connectivity index (χ3v) is 7.02. The molecule has 2 saturated heterocycles. The number of hydrogen-bond donors (Lipinski definition) is 0. The van der Waals surface area contributed by atoms with Crippen molar-refractivity contribution in [2.24, 2.45) is 11.3 Å². The summed E-state index contributed by atoms with van der Waals surface area (Å²) >= 11 is 3.85. The Hall–Kier alpha value is 0.400. The predicted molar refractivity (Wildman–Crippen MR) is 96.2 cm³/mol. The van der Waals surface area contributed by atoms with Gasteiger partial charge in [-0.2, -0.15) is 0 Å². The van der Waals surface area contributed by atoms with Gasteiger partial charge in [0.05, 0.1) is 0 Å². The molecule has 21 heavy (non-hydrogen) atoms. The van der Waals surface area contributed by atoms with Crippen LogP contribution in [0.5, 0.6) is 0 Å². The van der Waals surface area contributed by atoms with Gasteiger partial charge in [0.2, 0.25) is 0 Å². The number of hydrogen-bond acceptors (Lipinski definition) is 2. The first-order valence-corrected chi connectivity index (χ1v) is 10.2. The van der Waals surface area contributed by atoms with E-state index in [4.69, 9.17) is 0 Å². The minimum absolute atomic E-state index is 0.511. The first-order valence-electron chi connectivity index (χ1n) is 9.12. The van der Waals surface area contributed by atoms with Crippen LogP contribution in [0.2, 0.25) is 0 Å². The van der Waals surface area contributed by atoms with Gasteiger partial charge in [0.1, 0.15) is 0 Å². The highest BCUT2D eigenvalue weighted by atomic mass is 79.9. The van der Waals surface area contributed by atoms with E-state index in [0.29, 0.717) is 5.41 Å². The molecule has 0 amide bonds. The van der Waals surface area contributed by atoms with Crippen molar-refractivity contribution in [3.05, 3.63) is 0 Å². The first kappa shape index (κ1) is 17.7. The molecular formula is C18H35BrN2. The van der Waals surface area contributed by atoms with Gasteiger partial charge in [-0.25, -0.2) is 0 Å². The second kappa shape index (κ2) is 8.31. The zero-order valence-electron chi connectivity index (χ0n) is 14.4. The van der Waals surface area contributed by atoms with Crippen molar-refractivity contribution in [2.45, 2.75) is 64.8 Å². The summed E-state index contributed by atoms with van der Waals surface area (Å²) in [7, 11) is 2.34. The second-order valence-corrected chi connectivity index (χ2v) is 8.17. The molecule has 3 heteroatoms. The molecule has 0 saturated carbocycles. The fraction of sp³-hybridized carbons (Fsp3) is 1.00. The molecule has 0 spiro atoms. The molecule has 0 aromatic rings. The summed E-state index contributed by atoms with van der Waals surface area (Å²) in [6.07, 6.45) is 9.61. The maximum Gasteiger partial charge on any atom is 0.0145 e. The molecule has 0 bridgehead atoms. The number of alkyl halides is 1. The third-order valence-electron chi connectivity index (χ3n) is 5.83.